The maximum absolute atomic E-state index is 3.68. The van der Waals surface area contributed by atoms with Gasteiger partial charge in [-0.05, 0) is 104 Å². The topological polar surface area (TPSA) is 0 Å². The molecule has 0 amide bonds. The molecule has 2 aliphatic carbocycles. The van der Waals surface area contributed by atoms with E-state index in [1.54, 1.807) is 0 Å². The van der Waals surface area contributed by atoms with Crippen molar-refractivity contribution in [1.82, 2.24) is 0 Å². The summed E-state index contributed by atoms with van der Waals surface area (Å²) in [5.41, 5.74) is 13.0. The van der Waals surface area contributed by atoms with E-state index < -0.39 is 0 Å². The minimum atomic E-state index is 0.0293. The third-order valence-corrected chi connectivity index (χ3v) is 9.42. The fourth-order valence-electron chi connectivity index (χ4n) is 6.30. The van der Waals surface area contributed by atoms with Gasteiger partial charge in [-0.3, -0.25) is 0 Å². The van der Waals surface area contributed by atoms with Gasteiger partial charge >= 0.3 is 0 Å². The van der Waals surface area contributed by atoms with Gasteiger partial charge < -0.3 is 0 Å². The van der Waals surface area contributed by atoms with E-state index in [9.17, 15) is 0 Å². The summed E-state index contributed by atoms with van der Waals surface area (Å²) in [4.78, 5) is 0. The van der Waals surface area contributed by atoms with Crippen molar-refractivity contribution < 1.29 is 0 Å². The van der Waals surface area contributed by atoms with Crippen LogP contribution >= 0.6 is 27.3 Å². The van der Waals surface area contributed by atoms with Crippen LogP contribution in [0.5, 0.6) is 0 Å². The molecular weight excluding hydrogens is 496 g/mol. The van der Waals surface area contributed by atoms with E-state index in [0.29, 0.717) is 5.92 Å². The molecule has 1 unspecified atom stereocenters. The maximum Gasteiger partial charge on any atom is 0.0349 e. The molecule has 0 bridgehead atoms. The Hall–Kier alpha value is -2.68. The van der Waals surface area contributed by atoms with E-state index in [-0.39, 0.29) is 5.41 Å². The van der Waals surface area contributed by atoms with Gasteiger partial charge in [0.25, 0.3) is 0 Å². The lowest BCUT2D eigenvalue weighted by Gasteiger charge is -2.22. The van der Waals surface area contributed by atoms with Crippen LogP contribution in [0, 0.1) is 0 Å². The largest absolute Gasteiger partial charge is 0.144 e. The lowest BCUT2D eigenvalue weighted by Crippen LogP contribution is -2.15. The minimum Gasteiger partial charge on any atom is -0.144 e. The van der Waals surface area contributed by atoms with Gasteiger partial charge in [0.15, 0.2) is 0 Å². The van der Waals surface area contributed by atoms with Gasteiger partial charge in [-0.15, -0.1) is 11.3 Å². The van der Waals surface area contributed by atoms with Crippen LogP contribution in [0.25, 0.3) is 32.3 Å². The second-order valence-corrected chi connectivity index (χ2v) is 12.1. The first-order valence-electron chi connectivity index (χ1n) is 12.0. The molecule has 0 aliphatic heterocycles. The summed E-state index contributed by atoms with van der Waals surface area (Å²) in [7, 11) is 0. The number of rotatable bonds is 3. The summed E-state index contributed by atoms with van der Waals surface area (Å²) >= 11 is 5.52. The summed E-state index contributed by atoms with van der Waals surface area (Å²) < 4.78 is 2.55. The molecule has 34 heavy (non-hydrogen) atoms. The highest BCUT2D eigenvalue weighted by atomic mass is 79.9. The van der Waals surface area contributed by atoms with E-state index in [1.165, 1.54) is 60.2 Å². The molecule has 2 aliphatic rings. The number of hydrogen-bond donors (Lipinski definition) is 0. The molecule has 0 radical (unpaired) electrons. The van der Waals surface area contributed by atoms with E-state index in [2.05, 4.69) is 114 Å². The van der Waals surface area contributed by atoms with Crippen molar-refractivity contribution in [2.45, 2.75) is 38.0 Å². The van der Waals surface area contributed by atoms with Crippen molar-refractivity contribution in [3.63, 3.8) is 0 Å². The highest BCUT2D eigenvalue weighted by molar-refractivity contribution is 9.10. The molecular formula is C32H25BrS. The molecule has 2 heteroatoms. The van der Waals surface area contributed by atoms with E-state index >= 15 is 0 Å². The third-order valence-electron chi connectivity index (χ3n) is 8.05. The number of halogens is 1. The van der Waals surface area contributed by atoms with Crippen LogP contribution in [0.4, 0.5) is 0 Å². The molecule has 1 heterocycles. The second-order valence-electron chi connectivity index (χ2n) is 10.3. The maximum atomic E-state index is 3.68. The minimum absolute atomic E-state index is 0.0293. The Labute approximate surface area is 213 Å². The fourth-order valence-corrected chi connectivity index (χ4v) is 7.47. The van der Waals surface area contributed by atoms with Gasteiger partial charge in [0.1, 0.15) is 0 Å². The summed E-state index contributed by atoms with van der Waals surface area (Å²) in [6.07, 6.45) is 2.22. The molecule has 1 aromatic heterocycles. The lowest BCUT2D eigenvalue weighted by atomic mass is 9.81. The molecule has 0 fully saturated rings. The Bertz CT molecular complexity index is 1600. The Balaban J connectivity index is 1.24. The lowest BCUT2D eigenvalue weighted by molar-refractivity contribution is 0.657. The summed E-state index contributed by atoms with van der Waals surface area (Å²) in [5, 5.41) is 3.59. The van der Waals surface area contributed by atoms with Crippen LogP contribution in [0.1, 0.15) is 54.0 Å². The standard InChI is InChI=1S/C32H25BrS/c1-32(2)29-15-19(8-11-25(29)26-12-9-21(33)17-30(26)32)7-10-24-22-5-3-4-6-23(22)28-18-31-20(13-14-34-31)16-27(24)28/h3-6,8-9,11-18,24H,7,10H2,1-2H3. The third kappa shape index (κ3) is 2.95. The van der Waals surface area contributed by atoms with Crippen LogP contribution in [-0.4, -0.2) is 0 Å². The molecule has 7 rings (SSSR count). The van der Waals surface area contributed by atoms with Gasteiger partial charge in [-0.2, -0.15) is 0 Å². The number of benzene rings is 4. The molecule has 5 aromatic rings. The fraction of sp³-hybridized carbons (Fsp3) is 0.188. The molecule has 0 saturated heterocycles. The van der Waals surface area contributed by atoms with Crippen molar-refractivity contribution in [3.8, 4) is 22.3 Å². The predicted octanol–water partition coefficient (Wildman–Crippen LogP) is 9.72. The van der Waals surface area contributed by atoms with E-state index in [0.717, 1.165) is 17.3 Å². The quantitative estimate of drug-likeness (QED) is 0.222. The van der Waals surface area contributed by atoms with E-state index in [1.807, 2.05) is 11.3 Å². The monoisotopic (exact) mass is 520 g/mol. The summed E-state index contributed by atoms with van der Waals surface area (Å²) in [6.45, 7) is 4.73. The number of fused-ring (bicyclic) bond motifs is 7. The van der Waals surface area contributed by atoms with Crippen molar-refractivity contribution >= 4 is 37.4 Å². The van der Waals surface area contributed by atoms with Gasteiger partial charge in [0, 0.05) is 20.5 Å². The van der Waals surface area contributed by atoms with E-state index in [4.69, 9.17) is 0 Å². The Kier molecular flexibility index (Phi) is 4.50. The highest BCUT2D eigenvalue weighted by Crippen LogP contribution is 2.51. The second kappa shape index (κ2) is 7.41. The normalized spacial score (nSPS) is 16.9. The Morgan fingerprint density at radius 1 is 0.765 bits per heavy atom. The number of hydrogen-bond acceptors (Lipinski definition) is 1. The summed E-state index contributed by atoms with van der Waals surface area (Å²) in [6, 6.07) is 30.1. The Morgan fingerprint density at radius 2 is 1.56 bits per heavy atom. The van der Waals surface area contributed by atoms with Gasteiger partial charge in [-0.25, -0.2) is 0 Å². The molecule has 1 atom stereocenters. The molecule has 4 aromatic carbocycles. The average Bonchev–Trinajstić information content (AvgIpc) is 3.48. The smallest absolute Gasteiger partial charge is 0.0349 e. The van der Waals surface area contributed by atoms with Crippen molar-refractivity contribution in [2.24, 2.45) is 0 Å². The molecule has 0 saturated carbocycles. The Morgan fingerprint density at radius 3 is 2.44 bits per heavy atom. The summed E-state index contributed by atoms with van der Waals surface area (Å²) in [5.74, 6) is 0.463. The first kappa shape index (κ1) is 20.7. The zero-order chi connectivity index (χ0) is 23.0. The van der Waals surface area contributed by atoms with Crippen molar-refractivity contribution in [2.75, 3.05) is 0 Å². The zero-order valence-corrected chi connectivity index (χ0v) is 21.8. The zero-order valence-electron chi connectivity index (χ0n) is 19.4. The van der Waals surface area contributed by atoms with Crippen LogP contribution in [-0.2, 0) is 11.8 Å². The number of thiophene rings is 1. The van der Waals surface area contributed by atoms with Crippen molar-refractivity contribution in [1.29, 1.82) is 0 Å². The first-order valence-corrected chi connectivity index (χ1v) is 13.7. The SMILES string of the molecule is CC1(C)c2cc(Br)ccc2-c2ccc(CCC3c4ccccc4-c4cc5sccc5cc43)cc21. The number of aryl methyl sites for hydroxylation is 1. The molecule has 0 spiro atoms. The van der Waals surface area contributed by atoms with Crippen LogP contribution in [0.15, 0.2) is 88.7 Å². The first-order chi connectivity index (χ1) is 16.5. The van der Waals surface area contributed by atoms with Crippen molar-refractivity contribution in [3.05, 3.63) is 117 Å². The van der Waals surface area contributed by atoms with Gasteiger partial charge in [0.05, 0.1) is 0 Å². The molecule has 0 N–H and O–H groups in total. The van der Waals surface area contributed by atoms with Crippen LogP contribution < -0.4 is 0 Å². The van der Waals surface area contributed by atoms with Gasteiger partial charge in [-0.1, -0.05) is 78.3 Å². The highest BCUT2D eigenvalue weighted by Gasteiger charge is 2.36. The predicted molar refractivity (Wildman–Crippen MR) is 149 cm³/mol. The molecule has 166 valence electrons. The van der Waals surface area contributed by atoms with Crippen LogP contribution in [0.3, 0.4) is 0 Å². The average molecular weight is 522 g/mol. The van der Waals surface area contributed by atoms with Gasteiger partial charge in [0.2, 0.25) is 0 Å². The van der Waals surface area contributed by atoms with Crippen LogP contribution in [0.2, 0.25) is 0 Å². The molecule has 0 nitrogen and oxygen atoms in total.